The fourth-order valence-electron chi connectivity index (χ4n) is 2.48. The van der Waals surface area contributed by atoms with E-state index in [1.165, 1.54) is 0 Å². The molecule has 0 amide bonds. The number of hydrogen-bond acceptors (Lipinski definition) is 4. The molecule has 0 spiro atoms. The van der Waals surface area contributed by atoms with Crippen LogP contribution in [0.1, 0.15) is 45.4 Å². The average molecular weight is 267 g/mol. The normalized spacial score (nSPS) is 26.1. The van der Waals surface area contributed by atoms with Crippen LogP contribution in [-0.4, -0.2) is 35.1 Å². The largest absolute Gasteiger partial charge is 0.396 e. The minimum atomic E-state index is -0.442. The van der Waals surface area contributed by atoms with Crippen molar-refractivity contribution in [1.82, 2.24) is 0 Å². The monoisotopic (exact) mass is 267 g/mol. The smallest absolute Gasteiger partial charge is 0.0788 e. The Morgan fingerprint density at radius 1 is 1.53 bits per heavy atom. The second kappa shape index (κ2) is 8.31. The quantitative estimate of drug-likeness (QED) is 0.661. The Morgan fingerprint density at radius 3 is 2.89 bits per heavy atom. The second-order valence-corrected chi connectivity index (χ2v) is 5.47. The predicted octanol–water partition coefficient (Wildman–Crippen LogP) is 2.16. The molecule has 0 aromatic heterocycles. The molecule has 19 heavy (non-hydrogen) atoms. The van der Waals surface area contributed by atoms with Crippen LogP contribution in [0.5, 0.6) is 0 Å². The van der Waals surface area contributed by atoms with E-state index in [4.69, 9.17) is 15.1 Å². The van der Waals surface area contributed by atoms with Gasteiger partial charge in [0.2, 0.25) is 0 Å². The lowest BCUT2D eigenvalue weighted by Gasteiger charge is -2.16. The van der Waals surface area contributed by atoms with Crippen LogP contribution in [0.15, 0.2) is 12.2 Å². The molecule has 0 aromatic rings. The molecule has 1 aliphatic heterocycles. The number of aliphatic hydroxyl groups is 2. The van der Waals surface area contributed by atoms with Gasteiger partial charge in [-0.05, 0) is 51.0 Å². The zero-order chi connectivity index (χ0) is 14.3. The molecule has 0 aliphatic carbocycles. The standard InChI is InChI=1S/C15H25NO3/c1-11(10-16)8-13(18)5-6-15-12(2)9-14(19-15)4-3-7-17/h11,13-15,17-18H,2-9H2,1H3/t11-,13-,14+,15?/m1/s1. The van der Waals surface area contributed by atoms with Gasteiger partial charge in [0.15, 0.2) is 0 Å². The Labute approximate surface area is 115 Å². The molecule has 1 fully saturated rings. The summed E-state index contributed by atoms with van der Waals surface area (Å²) >= 11 is 0. The molecule has 1 unspecified atom stereocenters. The maximum Gasteiger partial charge on any atom is 0.0788 e. The lowest BCUT2D eigenvalue weighted by Crippen LogP contribution is -2.17. The molecule has 4 heteroatoms. The van der Waals surface area contributed by atoms with Crippen LogP contribution >= 0.6 is 0 Å². The van der Waals surface area contributed by atoms with Crippen LogP contribution in [0.25, 0.3) is 0 Å². The molecule has 1 aliphatic rings. The molecule has 4 atom stereocenters. The summed E-state index contributed by atoms with van der Waals surface area (Å²) in [7, 11) is 0. The molecule has 1 heterocycles. The molecule has 0 bridgehead atoms. The molecule has 0 aromatic carbocycles. The Balaban J connectivity index is 2.26. The summed E-state index contributed by atoms with van der Waals surface area (Å²) in [5.41, 5.74) is 1.09. The Bertz CT molecular complexity index is 324. The molecule has 0 radical (unpaired) electrons. The van der Waals surface area contributed by atoms with Gasteiger partial charge in [0.1, 0.15) is 0 Å². The number of nitrogens with zero attached hydrogens (tertiary/aromatic N) is 1. The summed E-state index contributed by atoms with van der Waals surface area (Å²) in [5, 5.41) is 27.3. The minimum absolute atomic E-state index is 0.0238. The lowest BCUT2D eigenvalue weighted by atomic mass is 9.98. The van der Waals surface area contributed by atoms with Crippen molar-refractivity contribution in [3.63, 3.8) is 0 Å². The summed E-state index contributed by atoms with van der Waals surface area (Å²) in [6, 6.07) is 2.13. The third-order valence-corrected chi connectivity index (χ3v) is 3.59. The van der Waals surface area contributed by atoms with Crippen molar-refractivity contribution in [2.75, 3.05) is 6.61 Å². The summed E-state index contributed by atoms with van der Waals surface area (Å²) in [4.78, 5) is 0. The fourth-order valence-corrected chi connectivity index (χ4v) is 2.48. The Hall–Kier alpha value is -0.890. The van der Waals surface area contributed by atoms with Gasteiger partial charge >= 0.3 is 0 Å². The van der Waals surface area contributed by atoms with Gasteiger partial charge in [-0.1, -0.05) is 6.58 Å². The maximum absolute atomic E-state index is 9.84. The fraction of sp³-hybridized carbons (Fsp3) is 0.800. The molecular weight excluding hydrogens is 242 g/mol. The highest BCUT2D eigenvalue weighted by Crippen LogP contribution is 2.30. The third-order valence-electron chi connectivity index (χ3n) is 3.59. The molecular formula is C15H25NO3. The van der Waals surface area contributed by atoms with Crippen molar-refractivity contribution in [1.29, 1.82) is 5.26 Å². The lowest BCUT2D eigenvalue weighted by molar-refractivity contribution is 0.0293. The summed E-state index contributed by atoms with van der Waals surface area (Å²) in [6.45, 7) is 6.04. The minimum Gasteiger partial charge on any atom is -0.396 e. The van der Waals surface area contributed by atoms with Gasteiger partial charge in [0.25, 0.3) is 0 Å². The van der Waals surface area contributed by atoms with E-state index >= 15 is 0 Å². The van der Waals surface area contributed by atoms with Crippen LogP contribution in [0.4, 0.5) is 0 Å². The Kier molecular flexibility index (Phi) is 7.07. The van der Waals surface area contributed by atoms with Crippen molar-refractivity contribution >= 4 is 0 Å². The highest BCUT2D eigenvalue weighted by Gasteiger charge is 2.28. The van der Waals surface area contributed by atoms with Crippen LogP contribution in [0.2, 0.25) is 0 Å². The van der Waals surface area contributed by atoms with Crippen LogP contribution < -0.4 is 0 Å². The first-order chi connectivity index (χ1) is 9.06. The topological polar surface area (TPSA) is 73.5 Å². The molecule has 1 rings (SSSR count). The van der Waals surface area contributed by atoms with Crippen molar-refractivity contribution in [3.8, 4) is 6.07 Å². The zero-order valence-electron chi connectivity index (χ0n) is 11.7. The molecule has 1 saturated heterocycles. The first-order valence-electron chi connectivity index (χ1n) is 7.08. The number of nitriles is 1. The van der Waals surface area contributed by atoms with E-state index in [0.29, 0.717) is 12.8 Å². The molecule has 4 nitrogen and oxygen atoms in total. The summed E-state index contributed by atoms with van der Waals surface area (Å²) in [5.74, 6) is -0.111. The summed E-state index contributed by atoms with van der Waals surface area (Å²) < 4.78 is 5.87. The van der Waals surface area contributed by atoms with Gasteiger partial charge in [-0.25, -0.2) is 0 Å². The van der Waals surface area contributed by atoms with Gasteiger partial charge in [0, 0.05) is 12.5 Å². The number of hydrogen-bond donors (Lipinski definition) is 2. The van der Waals surface area contributed by atoms with Gasteiger partial charge in [-0.2, -0.15) is 5.26 Å². The average Bonchev–Trinajstić information content (AvgIpc) is 2.74. The third kappa shape index (κ3) is 5.73. The van der Waals surface area contributed by atoms with Gasteiger partial charge in [-0.15, -0.1) is 0 Å². The predicted molar refractivity (Wildman–Crippen MR) is 73.4 cm³/mol. The molecule has 0 saturated carbocycles. The highest BCUT2D eigenvalue weighted by atomic mass is 16.5. The van der Waals surface area contributed by atoms with Gasteiger partial charge in [0.05, 0.1) is 24.4 Å². The van der Waals surface area contributed by atoms with Crippen molar-refractivity contribution < 1.29 is 14.9 Å². The Morgan fingerprint density at radius 2 is 2.26 bits per heavy atom. The van der Waals surface area contributed by atoms with E-state index in [2.05, 4.69) is 12.6 Å². The molecule has 2 N–H and O–H groups in total. The number of ether oxygens (including phenoxy) is 1. The van der Waals surface area contributed by atoms with Crippen LogP contribution in [0.3, 0.4) is 0 Å². The van der Waals surface area contributed by atoms with E-state index in [0.717, 1.165) is 31.3 Å². The number of rotatable bonds is 8. The van der Waals surface area contributed by atoms with E-state index in [-0.39, 0.29) is 24.7 Å². The highest BCUT2D eigenvalue weighted by molar-refractivity contribution is 5.09. The van der Waals surface area contributed by atoms with Crippen molar-refractivity contribution in [2.24, 2.45) is 5.92 Å². The zero-order valence-corrected chi connectivity index (χ0v) is 11.7. The van der Waals surface area contributed by atoms with Gasteiger partial charge in [-0.3, -0.25) is 0 Å². The van der Waals surface area contributed by atoms with Crippen molar-refractivity contribution in [3.05, 3.63) is 12.2 Å². The SMILES string of the molecule is C=C1C[C@H](CCCO)OC1CC[C@@H](O)C[C@@H](C)C#N. The van der Waals surface area contributed by atoms with Crippen LogP contribution in [0, 0.1) is 17.2 Å². The first-order valence-corrected chi connectivity index (χ1v) is 7.08. The number of aliphatic hydroxyl groups excluding tert-OH is 2. The summed E-state index contributed by atoms with van der Waals surface area (Å²) in [6.07, 6.45) is 4.14. The van der Waals surface area contributed by atoms with E-state index in [9.17, 15) is 5.11 Å². The van der Waals surface area contributed by atoms with E-state index in [1.54, 1.807) is 0 Å². The van der Waals surface area contributed by atoms with E-state index < -0.39 is 6.10 Å². The molecule has 108 valence electrons. The van der Waals surface area contributed by atoms with Gasteiger partial charge < -0.3 is 14.9 Å². The maximum atomic E-state index is 9.84. The first kappa shape index (κ1) is 16.2. The second-order valence-electron chi connectivity index (χ2n) is 5.47. The van der Waals surface area contributed by atoms with Crippen LogP contribution in [-0.2, 0) is 4.74 Å². The van der Waals surface area contributed by atoms with Crippen molar-refractivity contribution in [2.45, 2.75) is 63.8 Å². The van der Waals surface area contributed by atoms with E-state index in [1.807, 2.05) is 6.92 Å².